The molecule has 1 aliphatic rings. The molecule has 0 saturated carbocycles. The van der Waals surface area contributed by atoms with Crippen LogP contribution < -0.4 is 10.5 Å². The van der Waals surface area contributed by atoms with Crippen LogP contribution in [0.2, 0.25) is 0 Å². The van der Waals surface area contributed by atoms with Crippen LogP contribution in [0, 0.1) is 13.8 Å². The number of rotatable bonds is 7. The third-order valence-electron chi connectivity index (χ3n) is 4.39. The summed E-state index contributed by atoms with van der Waals surface area (Å²) in [6, 6.07) is 4.85. The van der Waals surface area contributed by atoms with Crippen LogP contribution in [0.3, 0.4) is 0 Å². The average Bonchev–Trinajstić information content (AvgIpc) is 2.97. The van der Waals surface area contributed by atoms with Gasteiger partial charge < -0.3 is 10.5 Å². The SMILES string of the molecule is CCCOc1cc(C)c(C(CCN)N2CCCC2)c(C)c1. The van der Waals surface area contributed by atoms with Gasteiger partial charge in [-0.3, -0.25) is 4.90 Å². The number of hydrogen-bond donors (Lipinski definition) is 1. The first kappa shape index (κ1) is 16.3. The zero-order chi connectivity index (χ0) is 15.2. The van der Waals surface area contributed by atoms with Crippen LogP contribution in [0.4, 0.5) is 0 Å². The number of nitrogens with zero attached hydrogens (tertiary/aromatic N) is 1. The fraction of sp³-hybridized carbons (Fsp3) is 0.667. The largest absolute Gasteiger partial charge is 0.494 e. The summed E-state index contributed by atoms with van der Waals surface area (Å²) >= 11 is 0. The highest BCUT2D eigenvalue weighted by atomic mass is 16.5. The highest BCUT2D eigenvalue weighted by Crippen LogP contribution is 2.34. The quantitative estimate of drug-likeness (QED) is 0.834. The highest BCUT2D eigenvalue weighted by Gasteiger charge is 2.25. The summed E-state index contributed by atoms with van der Waals surface area (Å²) in [7, 11) is 0. The molecule has 0 aromatic heterocycles. The predicted molar refractivity (Wildman–Crippen MR) is 88.9 cm³/mol. The van der Waals surface area contributed by atoms with Gasteiger partial charge in [-0.25, -0.2) is 0 Å². The van der Waals surface area contributed by atoms with Crippen molar-refractivity contribution in [3.63, 3.8) is 0 Å². The Kier molecular flexibility index (Phi) is 6.07. The maximum absolute atomic E-state index is 5.88. The van der Waals surface area contributed by atoms with E-state index in [0.29, 0.717) is 6.04 Å². The average molecular weight is 290 g/mol. The Morgan fingerprint density at radius 1 is 1.19 bits per heavy atom. The molecular formula is C18H30N2O. The van der Waals surface area contributed by atoms with Gasteiger partial charge in [0.2, 0.25) is 0 Å². The fourth-order valence-corrected chi connectivity index (χ4v) is 3.48. The first-order valence-electron chi connectivity index (χ1n) is 8.35. The maximum Gasteiger partial charge on any atom is 0.119 e. The second-order valence-corrected chi connectivity index (χ2v) is 6.16. The zero-order valence-corrected chi connectivity index (χ0v) is 13.8. The van der Waals surface area contributed by atoms with Crippen LogP contribution in [-0.2, 0) is 0 Å². The zero-order valence-electron chi connectivity index (χ0n) is 13.8. The van der Waals surface area contributed by atoms with Crippen LogP contribution in [-0.4, -0.2) is 31.1 Å². The van der Waals surface area contributed by atoms with E-state index in [2.05, 4.69) is 37.8 Å². The van der Waals surface area contributed by atoms with Crippen molar-refractivity contribution in [1.29, 1.82) is 0 Å². The highest BCUT2D eigenvalue weighted by molar-refractivity contribution is 5.43. The lowest BCUT2D eigenvalue weighted by Crippen LogP contribution is -2.28. The van der Waals surface area contributed by atoms with Gasteiger partial charge in [-0.05, 0) is 88.0 Å². The molecule has 1 unspecified atom stereocenters. The van der Waals surface area contributed by atoms with Gasteiger partial charge in [0.05, 0.1) is 6.61 Å². The van der Waals surface area contributed by atoms with Crippen molar-refractivity contribution in [2.45, 2.75) is 52.5 Å². The third-order valence-corrected chi connectivity index (χ3v) is 4.39. The van der Waals surface area contributed by atoms with Crippen molar-refractivity contribution in [3.05, 3.63) is 28.8 Å². The second kappa shape index (κ2) is 7.81. The van der Waals surface area contributed by atoms with Gasteiger partial charge >= 0.3 is 0 Å². The molecule has 0 aliphatic carbocycles. The molecule has 1 fully saturated rings. The number of aryl methyl sites for hydroxylation is 2. The maximum atomic E-state index is 5.88. The summed E-state index contributed by atoms with van der Waals surface area (Å²) < 4.78 is 5.80. The molecule has 1 heterocycles. The van der Waals surface area contributed by atoms with Gasteiger partial charge in [0.15, 0.2) is 0 Å². The smallest absolute Gasteiger partial charge is 0.119 e. The van der Waals surface area contributed by atoms with E-state index in [1.54, 1.807) is 0 Å². The lowest BCUT2D eigenvalue weighted by atomic mass is 9.92. The molecule has 1 atom stereocenters. The minimum atomic E-state index is 0.470. The van der Waals surface area contributed by atoms with Crippen LogP contribution in [0.5, 0.6) is 5.75 Å². The lowest BCUT2D eigenvalue weighted by molar-refractivity contribution is 0.234. The van der Waals surface area contributed by atoms with Crippen LogP contribution in [0.1, 0.15) is 55.3 Å². The van der Waals surface area contributed by atoms with Crippen LogP contribution >= 0.6 is 0 Å². The number of likely N-dealkylation sites (tertiary alicyclic amines) is 1. The minimum absolute atomic E-state index is 0.470. The monoisotopic (exact) mass is 290 g/mol. The molecule has 1 aromatic carbocycles. The molecule has 1 aromatic rings. The summed E-state index contributed by atoms with van der Waals surface area (Å²) in [6.07, 6.45) is 4.72. The lowest BCUT2D eigenvalue weighted by Gasteiger charge is -2.30. The van der Waals surface area contributed by atoms with Crippen molar-refractivity contribution < 1.29 is 4.74 Å². The summed E-state index contributed by atoms with van der Waals surface area (Å²) in [6.45, 7) is 10.5. The van der Waals surface area contributed by atoms with E-state index in [1.807, 2.05) is 0 Å². The second-order valence-electron chi connectivity index (χ2n) is 6.16. The summed E-state index contributed by atoms with van der Waals surface area (Å²) in [5.41, 5.74) is 10.0. The first-order chi connectivity index (χ1) is 10.2. The Morgan fingerprint density at radius 3 is 2.33 bits per heavy atom. The van der Waals surface area contributed by atoms with E-state index in [-0.39, 0.29) is 0 Å². The van der Waals surface area contributed by atoms with Gasteiger partial charge in [-0.1, -0.05) is 6.92 Å². The van der Waals surface area contributed by atoms with Gasteiger partial charge in [0, 0.05) is 6.04 Å². The van der Waals surface area contributed by atoms with Crippen molar-refractivity contribution in [2.75, 3.05) is 26.2 Å². The third kappa shape index (κ3) is 3.98. The Morgan fingerprint density at radius 2 is 1.81 bits per heavy atom. The topological polar surface area (TPSA) is 38.5 Å². The van der Waals surface area contributed by atoms with Gasteiger partial charge in [-0.15, -0.1) is 0 Å². The number of nitrogens with two attached hydrogens (primary N) is 1. The van der Waals surface area contributed by atoms with Gasteiger partial charge in [0.1, 0.15) is 5.75 Å². The molecule has 0 bridgehead atoms. The number of benzene rings is 1. The van der Waals surface area contributed by atoms with E-state index in [4.69, 9.17) is 10.5 Å². The van der Waals surface area contributed by atoms with Gasteiger partial charge in [-0.2, -0.15) is 0 Å². The standard InChI is InChI=1S/C18H30N2O/c1-4-11-21-16-12-14(2)18(15(3)13-16)17(7-8-19)20-9-5-6-10-20/h12-13,17H,4-11,19H2,1-3H3. The minimum Gasteiger partial charge on any atom is -0.494 e. The summed E-state index contributed by atoms with van der Waals surface area (Å²) in [4.78, 5) is 2.61. The molecular weight excluding hydrogens is 260 g/mol. The van der Waals surface area contributed by atoms with Crippen molar-refractivity contribution in [3.8, 4) is 5.75 Å². The molecule has 3 heteroatoms. The van der Waals surface area contributed by atoms with E-state index in [1.165, 1.54) is 42.6 Å². The Bertz CT molecular complexity index is 430. The number of ether oxygens (including phenoxy) is 1. The van der Waals surface area contributed by atoms with Crippen molar-refractivity contribution >= 4 is 0 Å². The van der Waals surface area contributed by atoms with E-state index < -0.39 is 0 Å². The van der Waals surface area contributed by atoms with E-state index >= 15 is 0 Å². The number of hydrogen-bond acceptors (Lipinski definition) is 3. The summed E-state index contributed by atoms with van der Waals surface area (Å²) in [5, 5.41) is 0. The van der Waals surface area contributed by atoms with Gasteiger partial charge in [0.25, 0.3) is 0 Å². The van der Waals surface area contributed by atoms with Crippen molar-refractivity contribution in [2.24, 2.45) is 5.73 Å². The first-order valence-corrected chi connectivity index (χ1v) is 8.35. The summed E-state index contributed by atoms with van der Waals surface area (Å²) in [5.74, 6) is 1.00. The van der Waals surface area contributed by atoms with Crippen LogP contribution in [0.15, 0.2) is 12.1 Å². The van der Waals surface area contributed by atoms with E-state index in [9.17, 15) is 0 Å². The normalized spacial score (nSPS) is 17.1. The molecule has 2 N–H and O–H groups in total. The molecule has 1 aliphatic heterocycles. The molecule has 3 nitrogen and oxygen atoms in total. The molecule has 2 rings (SSSR count). The molecule has 1 saturated heterocycles. The fourth-order valence-electron chi connectivity index (χ4n) is 3.48. The molecule has 0 radical (unpaired) electrons. The Balaban J connectivity index is 2.26. The molecule has 0 spiro atoms. The van der Waals surface area contributed by atoms with Crippen molar-refractivity contribution in [1.82, 2.24) is 4.90 Å². The predicted octanol–water partition coefficient (Wildman–Crippen LogP) is 3.58. The molecule has 21 heavy (non-hydrogen) atoms. The molecule has 118 valence electrons. The van der Waals surface area contributed by atoms with Crippen LogP contribution in [0.25, 0.3) is 0 Å². The Hall–Kier alpha value is -1.06. The molecule has 0 amide bonds. The van der Waals surface area contributed by atoms with E-state index in [0.717, 1.165) is 31.7 Å². The Labute approximate surface area is 129 Å².